The molecule has 0 N–H and O–H groups in total. The maximum Gasteiger partial charge on any atom is 0.410 e. The number of amides is 1. The van der Waals surface area contributed by atoms with E-state index in [0.717, 1.165) is 31.4 Å². The average molecular weight is 453 g/mol. The predicted molar refractivity (Wildman–Crippen MR) is 132 cm³/mol. The molecule has 0 spiro atoms. The molecule has 1 aromatic heterocycles. The van der Waals surface area contributed by atoms with Crippen LogP contribution >= 0.6 is 0 Å². The van der Waals surface area contributed by atoms with Crippen molar-refractivity contribution in [1.82, 2.24) is 9.88 Å². The smallest absolute Gasteiger partial charge is 0.410 e. The molecule has 3 heterocycles. The summed E-state index contributed by atoms with van der Waals surface area (Å²) in [6, 6.07) is 22.9. The lowest BCUT2D eigenvalue weighted by Gasteiger charge is -2.44. The van der Waals surface area contributed by atoms with Crippen molar-refractivity contribution < 1.29 is 14.3 Å². The lowest BCUT2D eigenvalue weighted by atomic mass is 9.84. The minimum atomic E-state index is -0.203. The summed E-state index contributed by atoms with van der Waals surface area (Å²) in [5.74, 6) is 0.690. The van der Waals surface area contributed by atoms with E-state index in [1.54, 1.807) is 7.11 Å². The fourth-order valence-electron chi connectivity index (χ4n) is 5.88. The standard InChI is InChI=1S/C29H28N2O3/c1-33-28-15-7-14-27(30-28)19-16-20-8-6-9-21(17-19)31(20)29(32)34-18-26-24-12-4-2-10-22(24)23-11-3-5-13-25(23)26/h2-5,7,10-16,20-21,26H,6,8-9,17-18H2,1H3. The SMILES string of the molecule is COc1cccc(C2=CC3CCCC(C2)N3C(=O)OCC2c3ccccc3-c3ccccc32)n1. The lowest BCUT2D eigenvalue weighted by molar-refractivity contribution is 0.0538. The van der Waals surface area contributed by atoms with Gasteiger partial charge in [0.05, 0.1) is 18.8 Å². The Hall–Kier alpha value is -3.60. The van der Waals surface area contributed by atoms with Crippen LogP contribution in [0.15, 0.2) is 72.8 Å². The number of hydrogen-bond donors (Lipinski definition) is 0. The summed E-state index contributed by atoms with van der Waals surface area (Å²) >= 11 is 0. The summed E-state index contributed by atoms with van der Waals surface area (Å²) in [6.45, 7) is 0.358. The van der Waals surface area contributed by atoms with Crippen LogP contribution in [0.25, 0.3) is 16.7 Å². The fraction of sp³-hybridized carbons (Fsp3) is 0.310. The number of aromatic nitrogens is 1. The molecule has 5 heteroatoms. The molecule has 2 unspecified atom stereocenters. The van der Waals surface area contributed by atoms with Gasteiger partial charge < -0.3 is 9.47 Å². The molecule has 0 radical (unpaired) electrons. The van der Waals surface area contributed by atoms with Gasteiger partial charge in [-0.05, 0) is 59.6 Å². The third kappa shape index (κ3) is 3.56. The molecule has 172 valence electrons. The van der Waals surface area contributed by atoms with Crippen LogP contribution < -0.4 is 4.74 Å². The van der Waals surface area contributed by atoms with Gasteiger partial charge in [-0.25, -0.2) is 9.78 Å². The number of piperidine rings is 1. The number of fused-ring (bicyclic) bond motifs is 5. The van der Waals surface area contributed by atoms with Gasteiger partial charge in [0.1, 0.15) is 6.61 Å². The van der Waals surface area contributed by atoms with E-state index in [1.165, 1.54) is 27.8 Å². The van der Waals surface area contributed by atoms with Crippen LogP contribution in [-0.4, -0.2) is 41.8 Å². The van der Waals surface area contributed by atoms with E-state index in [2.05, 4.69) is 59.6 Å². The zero-order chi connectivity index (χ0) is 23.1. The molecule has 1 saturated heterocycles. The van der Waals surface area contributed by atoms with Crippen LogP contribution in [0.3, 0.4) is 0 Å². The monoisotopic (exact) mass is 452 g/mol. The zero-order valence-corrected chi connectivity index (χ0v) is 19.3. The van der Waals surface area contributed by atoms with Gasteiger partial charge >= 0.3 is 6.09 Å². The number of carbonyl (C=O) groups is 1. The van der Waals surface area contributed by atoms with Crippen LogP contribution in [0, 0.1) is 0 Å². The normalized spacial score (nSPS) is 20.9. The Morgan fingerprint density at radius 1 is 0.971 bits per heavy atom. The third-order valence-electron chi connectivity index (χ3n) is 7.45. The highest BCUT2D eigenvalue weighted by molar-refractivity contribution is 5.79. The Bertz CT molecular complexity index is 1220. The van der Waals surface area contributed by atoms with E-state index in [-0.39, 0.29) is 24.1 Å². The minimum absolute atomic E-state index is 0.0474. The summed E-state index contributed by atoms with van der Waals surface area (Å²) in [4.78, 5) is 20.0. The van der Waals surface area contributed by atoms with Crippen LogP contribution in [0.1, 0.15) is 48.4 Å². The molecule has 1 amide bonds. The molecule has 0 saturated carbocycles. The van der Waals surface area contributed by atoms with Gasteiger partial charge in [-0.15, -0.1) is 0 Å². The quantitative estimate of drug-likeness (QED) is 0.484. The number of carbonyl (C=O) groups excluding carboxylic acids is 1. The summed E-state index contributed by atoms with van der Waals surface area (Å²) in [5.41, 5.74) is 7.09. The van der Waals surface area contributed by atoms with Gasteiger partial charge in [0.2, 0.25) is 5.88 Å². The van der Waals surface area contributed by atoms with Gasteiger partial charge in [-0.1, -0.05) is 60.7 Å². The van der Waals surface area contributed by atoms with Crippen molar-refractivity contribution in [3.8, 4) is 17.0 Å². The number of ether oxygens (including phenoxy) is 2. The van der Waals surface area contributed by atoms with Gasteiger partial charge in [-0.3, -0.25) is 4.90 Å². The van der Waals surface area contributed by atoms with Crippen LogP contribution in [-0.2, 0) is 4.74 Å². The molecule has 1 fully saturated rings. The molecule has 1 aliphatic carbocycles. The van der Waals surface area contributed by atoms with Gasteiger partial charge in [-0.2, -0.15) is 0 Å². The maximum absolute atomic E-state index is 13.4. The van der Waals surface area contributed by atoms with Crippen molar-refractivity contribution in [1.29, 1.82) is 0 Å². The first kappa shape index (κ1) is 21.0. The number of pyridine rings is 1. The van der Waals surface area contributed by atoms with E-state index < -0.39 is 0 Å². The second-order valence-corrected chi connectivity index (χ2v) is 9.32. The minimum Gasteiger partial charge on any atom is -0.481 e. The molecule has 3 aromatic rings. The highest BCUT2D eigenvalue weighted by atomic mass is 16.6. The molecular formula is C29H28N2O3. The fourth-order valence-corrected chi connectivity index (χ4v) is 5.88. The van der Waals surface area contributed by atoms with Crippen molar-refractivity contribution in [3.63, 3.8) is 0 Å². The Morgan fingerprint density at radius 3 is 2.41 bits per heavy atom. The first-order chi connectivity index (χ1) is 16.7. The molecule has 2 aromatic carbocycles. The summed E-state index contributed by atoms with van der Waals surface area (Å²) in [7, 11) is 1.63. The third-order valence-corrected chi connectivity index (χ3v) is 7.45. The van der Waals surface area contributed by atoms with E-state index in [4.69, 9.17) is 9.47 Å². The largest absolute Gasteiger partial charge is 0.481 e. The summed E-state index contributed by atoms with van der Waals surface area (Å²) < 4.78 is 11.3. The van der Waals surface area contributed by atoms with Crippen molar-refractivity contribution >= 4 is 11.7 Å². The first-order valence-corrected chi connectivity index (χ1v) is 12.1. The van der Waals surface area contributed by atoms with E-state index in [1.807, 2.05) is 23.1 Å². The topological polar surface area (TPSA) is 51.7 Å². The van der Waals surface area contributed by atoms with Crippen molar-refractivity contribution in [3.05, 3.63) is 89.6 Å². The second kappa shape index (κ2) is 8.64. The predicted octanol–water partition coefficient (Wildman–Crippen LogP) is 6.05. The summed E-state index contributed by atoms with van der Waals surface area (Å²) in [5, 5.41) is 0. The number of nitrogens with zero attached hydrogens (tertiary/aromatic N) is 2. The van der Waals surface area contributed by atoms with Crippen molar-refractivity contribution in [2.75, 3.05) is 13.7 Å². The van der Waals surface area contributed by atoms with Gasteiger partial charge in [0, 0.05) is 18.0 Å². The Morgan fingerprint density at radius 2 is 1.71 bits per heavy atom. The number of benzene rings is 2. The molecule has 2 atom stereocenters. The van der Waals surface area contributed by atoms with Gasteiger partial charge in [0.25, 0.3) is 0 Å². The van der Waals surface area contributed by atoms with Crippen LogP contribution in [0.5, 0.6) is 5.88 Å². The van der Waals surface area contributed by atoms with Crippen LogP contribution in [0.2, 0.25) is 0 Å². The van der Waals surface area contributed by atoms with E-state index in [9.17, 15) is 4.79 Å². The molecule has 2 bridgehead atoms. The summed E-state index contributed by atoms with van der Waals surface area (Å²) in [6.07, 6.45) is 5.86. The molecule has 6 rings (SSSR count). The Kier molecular flexibility index (Phi) is 5.33. The number of methoxy groups -OCH3 is 1. The molecular weight excluding hydrogens is 424 g/mol. The maximum atomic E-state index is 13.4. The zero-order valence-electron chi connectivity index (χ0n) is 19.3. The lowest BCUT2D eigenvalue weighted by Crippen LogP contribution is -2.52. The molecule has 34 heavy (non-hydrogen) atoms. The van der Waals surface area contributed by atoms with Crippen LogP contribution in [0.4, 0.5) is 4.79 Å². The number of rotatable bonds is 4. The molecule has 2 aliphatic heterocycles. The van der Waals surface area contributed by atoms with Gasteiger partial charge in [0.15, 0.2) is 0 Å². The first-order valence-electron chi connectivity index (χ1n) is 12.1. The Balaban J connectivity index is 1.22. The highest BCUT2D eigenvalue weighted by Crippen LogP contribution is 2.45. The number of hydrogen-bond acceptors (Lipinski definition) is 4. The highest BCUT2D eigenvalue weighted by Gasteiger charge is 2.39. The Labute approximate surface area is 200 Å². The van der Waals surface area contributed by atoms with E-state index >= 15 is 0 Å². The van der Waals surface area contributed by atoms with Crippen molar-refractivity contribution in [2.45, 2.75) is 43.7 Å². The average Bonchev–Trinajstić information content (AvgIpc) is 3.20. The van der Waals surface area contributed by atoms with E-state index in [0.29, 0.717) is 12.5 Å². The molecule has 3 aliphatic rings. The van der Waals surface area contributed by atoms with Crippen molar-refractivity contribution in [2.24, 2.45) is 0 Å². The second-order valence-electron chi connectivity index (χ2n) is 9.32. The molecule has 5 nitrogen and oxygen atoms in total.